The summed E-state index contributed by atoms with van der Waals surface area (Å²) in [5, 5.41) is 22.4. The van der Waals surface area contributed by atoms with Gasteiger partial charge in [0.2, 0.25) is 0 Å². The molecule has 0 amide bonds. The van der Waals surface area contributed by atoms with Gasteiger partial charge in [0, 0.05) is 34.7 Å². The number of benzene rings is 3. The Balaban J connectivity index is 1.13. The summed E-state index contributed by atoms with van der Waals surface area (Å²) in [7, 11) is 0. The van der Waals surface area contributed by atoms with Gasteiger partial charge in [0.15, 0.2) is 11.5 Å². The maximum absolute atomic E-state index is 6.17. The van der Waals surface area contributed by atoms with Gasteiger partial charge in [0.25, 0.3) is 0 Å². The second kappa shape index (κ2) is 9.38. The fourth-order valence-electron chi connectivity index (χ4n) is 4.49. The van der Waals surface area contributed by atoms with Crippen molar-refractivity contribution in [3.63, 3.8) is 0 Å². The molecule has 0 spiro atoms. The van der Waals surface area contributed by atoms with Crippen LogP contribution in [-0.2, 0) is 6.61 Å². The van der Waals surface area contributed by atoms with Crippen molar-refractivity contribution < 1.29 is 9.47 Å². The molecule has 3 aromatic carbocycles. The molecule has 7 rings (SSSR count). The SMILES string of the molecule is C=Cc1n[nH]c2cc(Oc3ccc4c(OCc5nnc6ccc(-c7ccccc7)nn56)ccnc4c3)ccc12. The van der Waals surface area contributed by atoms with Crippen molar-refractivity contribution in [2.24, 2.45) is 0 Å². The Bertz CT molecular complexity index is 1980. The second-order valence-electron chi connectivity index (χ2n) is 8.87. The normalized spacial score (nSPS) is 11.3. The summed E-state index contributed by atoms with van der Waals surface area (Å²) in [6.45, 7) is 3.99. The Hall–Kier alpha value is -5.57. The van der Waals surface area contributed by atoms with E-state index in [1.807, 2.05) is 84.9 Å². The van der Waals surface area contributed by atoms with Crippen LogP contribution < -0.4 is 9.47 Å². The summed E-state index contributed by atoms with van der Waals surface area (Å²) in [5.41, 5.74) is 4.94. The highest BCUT2D eigenvalue weighted by molar-refractivity contribution is 5.88. The maximum atomic E-state index is 6.17. The minimum atomic E-state index is 0.195. The minimum absolute atomic E-state index is 0.195. The minimum Gasteiger partial charge on any atom is -0.485 e. The lowest BCUT2D eigenvalue weighted by molar-refractivity contribution is 0.296. The first-order valence-corrected chi connectivity index (χ1v) is 12.3. The van der Waals surface area contributed by atoms with Crippen LogP contribution in [0.1, 0.15) is 11.5 Å². The molecule has 0 radical (unpaired) electrons. The quantitative estimate of drug-likeness (QED) is 0.271. The van der Waals surface area contributed by atoms with Crippen LogP contribution in [0.2, 0.25) is 0 Å². The van der Waals surface area contributed by atoms with E-state index < -0.39 is 0 Å². The summed E-state index contributed by atoms with van der Waals surface area (Å²) in [6, 6.07) is 27.1. The van der Waals surface area contributed by atoms with Crippen LogP contribution in [-0.4, -0.2) is 35.0 Å². The van der Waals surface area contributed by atoms with Gasteiger partial charge in [-0.05, 0) is 48.5 Å². The average Bonchev–Trinajstić information content (AvgIpc) is 3.59. The smallest absolute Gasteiger partial charge is 0.192 e. The first kappa shape index (κ1) is 22.6. The summed E-state index contributed by atoms with van der Waals surface area (Å²) in [5.74, 6) is 2.63. The third-order valence-corrected chi connectivity index (χ3v) is 6.42. The lowest BCUT2D eigenvalue weighted by Gasteiger charge is -2.10. The van der Waals surface area contributed by atoms with Crippen molar-refractivity contribution >= 4 is 33.5 Å². The van der Waals surface area contributed by atoms with Gasteiger partial charge >= 0.3 is 0 Å². The standard InChI is InChI=1S/C30H21N7O2/c1-2-24-22-10-8-21(17-27(22)33-32-24)39-20-9-11-23-26(16-20)31-15-14-28(23)38-18-30-35-34-29-13-12-25(36-37(29)30)19-6-4-3-5-7-19/h2-17H,1,18H2,(H,32,33). The molecule has 0 bridgehead atoms. The molecular weight excluding hydrogens is 490 g/mol. The van der Waals surface area contributed by atoms with E-state index in [1.165, 1.54) is 0 Å². The first-order valence-electron chi connectivity index (χ1n) is 12.3. The number of nitrogens with one attached hydrogen (secondary N) is 1. The molecule has 4 heterocycles. The third-order valence-electron chi connectivity index (χ3n) is 6.42. The van der Waals surface area contributed by atoms with Crippen LogP contribution in [0.4, 0.5) is 0 Å². The predicted molar refractivity (Wildman–Crippen MR) is 149 cm³/mol. The van der Waals surface area contributed by atoms with E-state index in [-0.39, 0.29) is 6.61 Å². The molecule has 7 aromatic rings. The highest BCUT2D eigenvalue weighted by Crippen LogP contribution is 2.31. The zero-order valence-electron chi connectivity index (χ0n) is 20.7. The zero-order chi connectivity index (χ0) is 26.2. The highest BCUT2D eigenvalue weighted by Gasteiger charge is 2.12. The predicted octanol–water partition coefficient (Wildman–Crippen LogP) is 6.23. The van der Waals surface area contributed by atoms with Crippen LogP contribution in [0.25, 0.3) is 44.8 Å². The monoisotopic (exact) mass is 511 g/mol. The van der Waals surface area contributed by atoms with E-state index in [0.717, 1.165) is 38.8 Å². The first-order chi connectivity index (χ1) is 19.2. The van der Waals surface area contributed by atoms with Crippen LogP contribution in [0.3, 0.4) is 0 Å². The molecule has 9 heteroatoms. The average molecular weight is 512 g/mol. The van der Waals surface area contributed by atoms with Crippen LogP contribution in [0.5, 0.6) is 17.2 Å². The fraction of sp³-hybridized carbons (Fsp3) is 0.0333. The second-order valence-corrected chi connectivity index (χ2v) is 8.87. The van der Waals surface area contributed by atoms with Crippen molar-refractivity contribution in [1.29, 1.82) is 0 Å². The molecule has 188 valence electrons. The lowest BCUT2D eigenvalue weighted by Crippen LogP contribution is -2.05. The Morgan fingerprint density at radius 2 is 1.72 bits per heavy atom. The number of aromatic amines is 1. The number of hydrogen-bond acceptors (Lipinski definition) is 7. The summed E-state index contributed by atoms with van der Waals surface area (Å²) >= 11 is 0. The van der Waals surface area contributed by atoms with Crippen molar-refractivity contribution in [1.82, 2.24) is 35.0 Å². The van der Waals surface area contributed by atoms with E-state index in [4.69, 9.17) is 14.6 Å². The number of nitrogens with zero attached hydrogens (tertiary/aromatic N) is 6. The van der Waals surface area contributed by atoms with Gasteiger partial charge in [-0.15, -0.1) is 10.2 Å². The lowest BCUT2D eigenvalue weighted by atomic mass is 10.1. The van der Waals surface area contributed by atoms with E-state index in [2.05, 4.69) is 32.0 Å². The number of rotatable bonds is 7. The van der Waals surface area contributed by atoms with Crippen LogP contribution >= 0.6 is 0 Å². The molecule has 0 saturated heterocycles. The van der Waals surface area contributed by atoms with Crippen molar-refractivity contribution in [2.45, 2.75) is 6.61 Å². The van der Waals surface area contributed by atoms with Gasteiger partial charge in [0.1, 0.15) is 23.9 Å². The number of aromatic nitrogens is 7. The van der Waals surface area contributed by atoms with Crippen LogP contribution in [0, 0.1) is 0 Å². The number of pyridine rings is 1. The van der Waals surface area contributed by atoms with Gasteiger partial charge in [-0.3, -0.25) is 10.1 Å². The number of fused-ring (bicyclic) bond motifs is 3. The Kier molecular flexibility index (Phi) is 5.44. The largest absolute Gasteiger partial charge is 0.485 e. The topological polar surface area (TPSA) is 103 Å². The molecule has 0 aliphatic rings. The third kappa shape index (κ3) is 4.21. The van der Waals surface area contributed by atoms with Crippen LogP contribution in [0.15, 0.2) is 97.7 Å². The molecule has 0 saturated carbocycles. The van der Waals surface area contributed by atoms with Gasteiger partial charge in [-0.1, -0.05) is 36.9 Å². The molecule has 39 heavy (non-hydrogen) atoms. The molecule has 0 fully saturated rings. The van der Waals surface area contributed by atoms with E-state index >= 15 is 0 Å². The van der Waals surface area contributed by atoms with Gasteiger partial charge < -0.3 is 9.47 Å². The van der Waals surface area contributed by atoms with Crippen molar-refractivity contribution in [2.75, 3.05) is 0 Å². The Morgan fingerprint density at radius 3 is 2.59 bits per heavy atom. The molecule has 9 nitrogen and oxygen atoms in total. The van der Waals surface area contributed by atoms with Crippen molar-refractivity contribution in [3.05, 3.63) is 109 Å². The molecule has 4 aromatic heterocycles. The molecule has 0 atom stereocenters. The highest BCUT2D eigenvalue weighted by atomic mass is 16.5. The van der Waals surface area contributed by atoms with Gasteiger partial charge in [0.05, 0.1) is 22.4 Å². The molecule has 0 aliphatic heterocycles. The summed E-state index contributed by atoms with van der Waals surface area (Å²) < 4.78 is 14.0. The molecule has 0 unspecified atom stereocenters. The number of hydrogen-bond donors (Lipinski definition) is 1. The van der Waals surface area contributed by atoms with E-state index in [9.17, 15) is 0 Å². The number of ether oxygens (including phenoxy) is 2. The Labute approximate surface area is 222 Å². The van der Waals surface area contributed by atoms with Gasteiger partial charge in [-0.25, -0.2) is 0 Å². The fourth-order valence-corrected chi connectivity index (χ4v) is 4.49. The summed E-state index contributed by atoms with van der Waals surface area (Å²) in [4.78, 5) is 4.52. The van der Waals surface area contributed by atoms with Crippen molar-refractivity contribution in [3.8, 4) is 28.5 Å². The summed E-state index contributed by atoms with van der Waals surface area (Å²) in [6.07, 6.45) is 3.43. The molecular formula is C30H21N7O2. The Morgan fingerprint density at radius 1 is 0.872 bits per heavy atom. The molecule has 1 N–H and O–H groups in total. The maximum Gasteiger partial charge on any atom is 0.192 e. The molecule has 0 aliphatic carbocycles. The van der Waals surface area contributed by atoms with E-state index in [1.54, 1.807) is 16.8 Å². The zero-order valence-corrected chi connectivity index (χ0v) is 20.7. The number of H-pyrrole nitrogens is 1. The van der Waals surface area contributed by atoms with E-state index in [0.29, 0.717) is 28.7 Å². The van der Waals surface area contributed by atoms with Gasteiger partial charge in [-0.2, -0.15) is 14.7 Å².